The first kappa shape index (κ1) is 13.6. The number of hydrogen-bond acceptors (Lipinski definition) is 2. The van der Waals surface area contributed by atoms with Gasteiger partial charge in [-0.15, -0.1) is 0 Å². The van der Waals surface area contributed by atoms with E-state index in [-0.39, 0.29) is 5.82 Å². The molecule has 0 aromatic heterocycles. The molecule has 1 aromatic rings. The molecule has 0 amide bonds. The van der Waals surface area contributed by atoms with Crippen LogP contribution in [-0.4, -0.2) is 25.2 Å². The van der Waals surface area contributed by atoms with Crippen LogP contribution in [0.2, 0.25) is 5.02 Å². The molecular formula is C14H20ClFN2. The van der Waals surface area contributed by atoms with E-state index in [1.807, 2.05) is 0 Å². The van der Waals surface area contributed by atoms with Crippen molar-refractivity contribution in [3.05, 3.63) is 29.0 Å². The molecule has 0 radical (unpaired) electrons. The standard InChI is InChI=1S/C14H20ClFN2/c1-10(2)17-11-5-4-8-18(9-11)14-12(15)6-3-7-13(14)16/h3,6-7,10-11,17H,4-5,8-9H2,1-2H3. The molecule has 1 N–H and O–H groups in total. The summed E-state index contributed by atoms with van der Waals surface area (Å²) in [5, 5.41) is 4.01. The van der Waals surface area contributed by atoms with Gasteiger partial charge in [-0.3, -0.25) is 0 Å². The van der Waals surface area contributed by atoms with Crippen LogP contribution in [0.5, 0.6) is 0 Å². The molecule has 1 unspecified atom stereocenters. The molecule has 4 heteroatoms. The molecule has 1 aromatic carbocycles. The zero-order valence-corrected chi connectivity index (χ0v) is 11.7. The lowest BCUT2D eigenvalue weighted by atomic mass is 10.0. The number of anilines is 1. The van der Waals surface area contributed by atoms with Gasteiger partial charge >= 0.3 is 0 Å². The van der Waals surface area contributed by atoms with Crippen LogP contribution in [0.3, 0.4) is 0 Å². The normalized spacial score (nSPS) is 20.5. The molecule has 2 nitrogen and oxygen atoms in total. The summed E-state index contributed by atoms with van der Waals surface area (Å²) in [5.41, 5.74) is 0.550. The summed E-state index contributed by atoms with van der Waals surface area (Å²) in [4.78, 5) is 2.06. The third kappa shape index (κ3) is 3.15. The van der Waals surface area contributed by atoms with E-state index in [2.05, 4.69) is 24.1 Å². The summed E-state index contributed by atoms with van der Waals surface area (Å²) in [7, 11) is 0. The Kier molecular flexibility index (Phi) is 4.46. The Morgan fingerprint density at radius 3 is 2.89 bits per heavy atom. The highest BCUT2D eigenvalue weighted by Gasteiger charge is 2.23. The van der Waals surface area contributed by atoms with Gasteiger partial charge in [-0.1, -0.05) is 31.5 Å². The van der Waals surface area contributed by atoms with E-state index in [0.29, 0.717) is 22.8 Å². The molecule has 0 saturated carbocycles. The predicted octanol–water partition coefficient (Wildman–Crippen LogP) is 3.45. The van der Waals surface area contributed by atoms with Gasteiger partial charge in [0.15, 0.2) is 0 Å². The lowest BCUT2D eigenvalue weighted by molar-refractivity contribution is 0.392. The second kappa shape index (κ2) is 5.89. The summed E-state index contributed by atoms with van der Waals surface area (Å²) < 4.78 is 13.9. The van der Waals surface area contributed by atoms with Crippen molar-refractivity contribution in [3.8, 4) is 0 Å². The summed E-state index contributed by atoms with van der Waals surface area (Å²) in [6.07, 6.45) is 2.20. The minimum atomic E-state index is -0.229. The number of piperidine rings is 1. The zero-order chi connectivity index (χ0) is 13.1. The van der Waals surface area contributed by atoms with Gasteiger partial charge in [0.2, 0.25) is 0 Å². The Balaban J connectivity index is 2.13. The molecule has 1 aliphatic rings. The van der Waals surface area contributed by atoms with Crippen LogP contribution in [0.4, 0.5) is 10.1 Å². The number of nitrogens with one attached hydrogen (secondary N) is 1. The predicted molar refractivity (Wildman–Crippen MR) is 74.9 cm³/mol. The van der Waals surface area contributed by atoms with Gasteiger partial charge in [0.1, 0.15) is 5.82 Å². The number of rotatable bonds is 3. The molecule has 1 saturated heterocycles. The Morgan fingerprint density at radius 1 is 1.44 bits per heavy atom. The van der Waals surface area contributed by atoms with E-state index in [1.165, 1.54) is 6.07 Å². The topological polar surface area (TPSA) is 15.3 Å². The lowest BCUT2D eigenvalue weighted by Gasteiger charge is -2.36. The second-order valence-electron chi connectivity index (χ2n) is 5.18. The van der Waals surface area contributed by atoms with Gasteiger partial charge in [0, 0.05) is 25.2 Å². The fraction of sp³-hybridized carbons (Fsp3) is 0.571. The van der Waals surface area contributed by atoms with Crippen LogP contribution < -0.4 is 10.2 Å². The highest BCUT2D eigenvalue weighted by atomic mass is 35.5. The summed E-state index contributed by atoms with van der Waals surface area (Å²) in [6.45, 7) is 5.96. The van der Waals surface area contributed by atoms with Crippen molar-refractivity contribution in [2.45, 2.75) is 38.8 Å². The van der Waals surface area contributed by atoms with Crippen molar-refractivity contribution in [2.75, 3.05) is 18.0 Å². The van der Waals surface area contributed by atoms with Crippen LogP contribution in [0.15, 0.2) is 18.2 Å². The number of nitrogens with zero attached hydrogens (tertiary/aromatic N) is 1. The van der Waals surface area contributed by atoms with Crippen molar-refractivity contribution < 1.29 is 4.39 Å². The second-order valence-corrected chi connectivity index (χ2v) is 5.58. The first-order valence-electron chi connectivity index (χ1n) is 6.53. The zero-order valence-electron chi connectivity index (χ0n) is 10.9. The van der Waals surface area contributed by atoms with Crippen molar-refractivity contribution >= 4 is 17.3 Å². The van der Waals surface area contributed by atoms with E-state index in [0.717, 1.165) is 25.9 Å². The largest absolute Gasteiger partial charge is 0.366 e. The Bertz CT molecular complexity index is 389. The fourth-order valence-electron chi connectivity index (χ4n) is 2.58. The maximum atomic E-state index is 13.9. The Morgan fingerprint density at radius 2 is 2.22 bits per heavy atom. The highest BCUT2D eigenvalue weighted by molar-refractivity contribution is 6.33. The molecule has 18 heavy (non-hydrogen) atoms. The average molecular weight is 271 g/mol. The quantitative estimate of drug-likeness (QED) is 0.905. The van der Waals surface area contributed by atoms with Crippen LogP contribution in [0.25, 0.3) is 0 Å². The summed E-state index contributed by atoms with van der Waals surface area (Å²) in [6, 6.07) is 5.73. The monoisotopic (exact) mass is 270 g/mol. The first-order valence-corrected chi connectivity index (χ1v) is 6.90. The van der Waals surface area contributed by atoms with Gasteiger partial charge in [-0.2, -0.15) is 0 Å². The molecule has 1 aliphatic heterocycles. The van der Waals surface area contributed by atoms with Crippen LogP contribution in [0, 0.1) is 5.82 Å². The van der Waals surface area contributed by atoms with Gasteiger partial charge in [0.25, 0.3) is 0 Å². The minimum Gasteiger partial charge on any atom is -0.366 e. The first-order chi connectivity index (χ1) is 8.58. The van der Waals surface area contributed by atoms with Crippen molar-refractivity contribution in [1.82, 2.24) is 5.32 Å². The van der Waals surface area contributed by atoms with Gasteiger partial charge in [-0.05, 0) is 25.0 Å². The third-order valence-corrected chi connectivity index (χ3v) is 3.55. The van der Waals surface area contributed by atoms with Crippen molar-refractivity contribution in [1.29, 1.82) is 0 Å². The molecule has 1 atom stereocenters. The molecule has 100 valence electrons. The maximum Gasteiger partial charge on any atom is 0.148 e. The van der Waals surface area contributed by atoms with Gasteiger partial charge in [-0.25, -0.2) is 4.39 Å². The summed E-state index contributed by atoms with van der Waals surface area (Å²) in [5.74, 6) is -0.229. The molecular weight excluding hydrogens is 251 g/mol. The smallest absolute Gasteiger partial charge is 0.148 e. The average Bonchev–Trinajstić information content (AvgIpc) is 2.28. The Hall–Kier alpha value is -0.800. The van der Waals surface area contributed by atoms with Crippen LogP contribution in [0.1, 0.15) is 26.7 Å². The van der Waals surface area contributed by atoms with Crippen molar-refractivity contribution in [2.24, 2.45) is 0 Å². The van der Waals surface area contributed by atoms with Gasteiger partial charge in [0.05, 0.1) is 10.7 Å². The van der Waals surface area contributed by atoms with E-state index < -0.39 is 0 Å². The van der Waals surface area contributed by atoms with Gasteiger partial charge < -0.3 is 10.2 Å². The molecule has 0 aliphatic carbocycles. The lowest BCUT2D eigenvalue weighted by Crippen LogP contribution is -2.48. The number of hydrogen-bond donors (Lipinski definition) is 1. The van der Waals surface area contributed by atoms with Crippen LogP contribution >= 0.6 is 11.6 Å². The Labute approximate surface area is 113 Å². The number of halogens is 2. The molecule has 2 rings (SSSR count). The summed E-state index contributed by atoms with van der Waals surface area (Å²) >= 11 is 6.11. The van der Waals surface area contributed by atoms with Crippen LogP contribution in [-0.2, 0) is 0 Å². The maximum absolute atomic E-state index is 13.9. The van der Waals surface area contributed by atoms with E-state index in [4.69, 9.17) is 11.6 Å². The minimum absolute atomic E-state index is 0.229. The van der Waals surface area contributed by atoms with E-state index in [9.17, 15) is 4.39 Å². The molecule has 1 fully saturated rings. The highest BCUT2D eigenvalue weighted by Crippen LogP contribution is 2.30. The van der Waals surface area contributed by atoms with Crippen molar-refractivity contribution in [3.63, 3.8) is 0 Å². The number of benzene rings is 1. The number of para-hydroxylation sites is 1. The van der Waals surface area contributed by atoms with E-state index >= 15 is 0 Å². The fourth-order valence-corrected chi connectivity index (χ4v) is 2.86. The third-order valence-electron chi connectivity index (χ3n) is 3.24. The molecule has 0 bridgehead atoms. The SMILES string of the molecule is CC(C)NC1CCCN(c2c(F)cccc2Cl)C1. The molecule has 1 heterocycles. The van der Waals surface area contributed by atoms with E-state index in [1.54, 1.807) is 12.1 Å². The molecule has 0 spiro atoms.